The summed E-state index contributed by atoms with van der Waals surface area (Å²) in [6.07, 6.45) is 0.505. The number of nitrogens with zero attached hydrogens (tertiary/aromatic N) is 1. The van der Waals surface area contributed by atoms with Crippen molar-refractivity contribution in [3.8, 4) is 0 Å². The van der Waals surface area contributed by atoms with E-state index in [1.54, 1.807) is 17.0 Å². The summed E-state index contributed by atoms with van der Waals surface area (Å²) in [6.45, 7) is 8.87. The smallest absolute Gasteiger partial charge is 0.242 e. The molecule has 0 aliphatic rings. The minimum absolute atomic E-state index is 0.129. The molecule has 7 heteroatoms. The largest absolute Gasteiger partial charge is 0.354 e. The molecule has 1 atom stereocenters. The van der Waals surface area contributed by atoms with Gasteiger partial charge in [0.1, 0.15) is 11.9 Å². The summed E-state index contributed by atoms with van der Waals surface area (Å²) in [5, 5.41) is 3.30. The summed E-state index contributed by atoms with van der Waals surface area (Å²) >= 11 is 7.40. The molecule has 0 fully saturated rings. The average molecular weight is 479 g/mol. The second-order valence-corrected chi connectivity index (χ2v) is 9.66. The number of aryl methyl sites for hydroxylation is 1. The molecule has 0 aliphatic heterocycles. The lowest BCUT2D eigenvalue weighted by Crippen LogP contribution is -2.50. The molecule has 0 saturated carbocycles. The Hall–Kier alpha value is -2.05. The van der Waals surface area contributed by atoms with Crippen LogP contribution in [0.5, 0.6) is 0 Å². The van der Waals surface area contributed by atoms with E-state index >= 15 is 0 Å². The van der Waals surface area contributed by atoms with Crippen molar-refractivity contribution in [2.75, 3.05) is 12.3 Å². The third-order valence-electron chi connectivity index (χ3n) is 5.08. The number of amides is 2. The molecule has 0 aliphatic carbocycles. The molecular formula is C25H32ClFN2O2S. The molecule has 2 aromatic rings. The van der Waals surface area contributed by atoms with Gasteiger partial charge in [-0.1, -0.05) is 68.3 Å². The molecule has 0 spiro atoms. The summed E-state index contributed by atoms with van der Waals surface area (Å²) in [5.41, 5.74) is 2.48. The van der Waals surface area contributed by atoms with Crippen LogP contribution in [-0.4, -0.2) is 35.1 Å². The Morgan fingerprint density at radius 1 is 1.16 bits per heavy atom. The van der Waals surface area contributed by atoms with Gasteiger partial charge in [-0.05, 0) is 37.0 Å². The van der Waals surface area contributed by atoms with E-state index in [4.69, 9.17) is 11.6 Å². The minimum Gasteiger partial charge on any atom is -0.354 e. The van der Waals surface area contributed by atoms with Crippen LogP contribution in [-0.2, 0) is 21.9 Å². The predicted octanol–water partition coefficient (Wildman–Crippen LogP) is 5.60. The van der Waals surface area contributed by atoms with Crippen LogP contribution in [0, 0.1) is 18.7 Å². The fourth-order valence-electron chi connectivity index (χ4n) is 3.23. The third kappa shape index (κ3) is 7.82. The number of benzene rings is 2. The lowest BCUT2D eigenvalue weighted by molar-refractivity contribution is -0.139. The molecule has 174 valence electrons. The first-order valence-electron chi connectivity index (χ1n) is 10.9. The molecule has 2 rings (SSSR count). The standard InChI is InChI=1S/C25H32ClFN2O2S/c1-5-23(25(31)28-13-17(2)3)29(14-19-11-9-18(4)10-12-19)24(30)16-32-15-20-21(26)7-6-8-22(20)27/h6-12,17,23H,5,13-16H2,1-4H3,(H,28,31)/t23-/m0/s1. The van der Waals surface area contributed by atoms with Gasteiger partial charge in [0.05, 0.1) is 5.75 Å². The number of hydrogen-bond donors (Lipinski definition) is 1. The van der Waals surface area contributed by atoms with E-state index in [-0.39, 0.29) is 29.1 Å². The van der Waals surface area contributed by atoms with E-state index in [1.165, 1.54) is 17.8 Å². The molecule has 32 heavy (non-hydrogen) atoms. The minimum atomic E-state index is -0.569. The maximum atomic E-state index is 14.0. The van der Waals surface area contributed by atoms with Gasteiger partial charge in [0.15, 0.2) is 0 Å². The van der Waals surface area contributed by atoms with Crippen molar-refractivity contribution in [1.82, 2.24) is 10.2 Å². The van der Waals surface area contributed by atoms with Crippen LogP contribution in [0.2, 0.25) is 5.02 Å². The molecule has 0 unspecified atom stereocenters. The second kappa shape index (κ2) is 12.9. The summed E-state index contributed by atoms with van der Waals surface area (Å²) < 4.78 is 14.0. The summed E-state index contributed by atoms with van der Waals surface area (Å²) in [5.74, 6) is 0.0433. The lowest BCUT2D eigenvalue weighted by atomic mass is 10.1. The van der Waals surface area contributed by atoms with Crippen LogP contribution in [0.4, 0.5) is 4.39 Å². The van der Waals surface area contributed by atoms with E-state index in [2.05, 4.69) is 5.32 Å². The monoisotopic (exact) mass is 478 g/mol. The number of carbonyl (C=O) groups excluding carboxylic acids is 2. The lowest BCUT2D eigenvalue weighted by Gasteiger charge is -2.31. The zero-order chi connectivity index (χ0) is 23.7. The number of rotatable bonds is 11. The molecule has 0 saturated heterocycles. The van der Waals surface area contributed by atoms with Crippen molar-refractivity contribution in [1.29, 1.82) is 0 Å². The van der Waals surface area contributed by atoms with Gasteiger partial charge < -0.3 is 10.2 Å². The van der Waals surface area contributed by atoms with Gasteiger partial charge in [0, 0.05) is 29.4 Å². The summed E-state index contributed by atoms with van der Waals surface area (Å²) in [7, 11) is 0. The first kappa shape index (κ1) is 26.2. The van der Waals surface area contributed by atoms with E-state index in [0.717, 1.165) is 11.1 Å². The molecule has 4 nitrogen and oxygen atoms in total. The van der Waals surface area contributed by atoms with Crippen LogP contribution in [0.15, 0.2) is 42.5 Å². The van der Waals surface area contributed by atoms with E-state index in [0.29, 0.717) is 36.0 Å². The SMILES string of the molecule is CC[C@@H](C(=O)NCC(C)C)N(Cc1ccc(C)cc1)C(=O)CSCc1c(F)cccc1Cl. The van der Waals surface area contributed by atoms with Crippen molar-refractivity contribution in [3.05, 3.63) is 70.0 Å². The van der Waals surface area contributed by atoms with Crippen LogP contribution < -0.4 is 5.32 Å². The summed E-state index contributed by atoms with van der Waals surface area (Å²) in [4.78, 5) is 27.7. The van der Waals surface area contributed by atoms with Gasteiger partial charge in [-0.25, -0.2) is 4.39 Å². The molecule has 1 N–H and O–H groups in total. The predicted molar refractivity (Wildman–Crippen MR) is 131 cm³/mol. The van der Waals surface area contributed by atoms with Gasteiger partial charge in [0.25, 0.3) is 0 Å². The quantitative estimate of drug-likeness (QED) is 0.457. The highest BCUT2D eigenvalue weighted by Gasteiger charge is 2.28. The Kier molecular flexibility index (Phi) is 10.5. The number of hydrogen-bond acceptors (Lipinski definition) is 3. The first-order valence-corrected chi connectivity index (χ1v) is 12.4. The zero-order valence-electron chi connectivity index (χ0n) is 19.2. The maximum Gasteiger partial charge on any atom is 0.242 e. The normalized spacial score (nSPS) is 12.0. The first-order chi connectivity index (χ1) is 15.2. The topological polar surface area (TPSA) is 49.4 Å². The Morgan fingerprint density at radius 3 is 2.44 bits per heavy atom. The fraction of sp³-hybridized carbons (Fsp3) is 0.440. The van der Waals surface area contributed by atoms with Crippen LogP contribution in [0.1, 0.15) is 43.9 Å². The molecule has 0 radical (unpaired) electrons. The third-order valence-corrected chi connectivity index (χ3v) is 6.38. The van der Waals surface area contributed by atoms with E-state index in [1.807, 2.05) is 52.0 Å². The fourth-order valence-corrected chi connectivity index (χ4v) is 4.47. The highest BCUT2D eigenvalue weighted by atomic mass is 35.5. The molecule has 0 bridgehead atoms. The maximum absolute atomic E-state index is 14.0. The van der Waals surface area contributed by atoms with Crippen molar-refractivity contribution in [3.63, 3.8) is 0 Å². The number of halogens is 2. The second-order valence-electron chi connectivity index (χ2n) is 8.26. The van der Waals surface area contributed by atoms with Crippen molar-refractivity contribution in [2.45, 2.75) is 52.5 Å². The molecule has 2 amide bonds. The molecular weight excluding hydrogens is 447 g/mol. The Bertz CT molecular complexity index is 885. The zero-order valence-corrected chi connectivity index (χ0v) is 20.7. The van der Waals surface area contributed by atoms with E-state index in [9.17, 15) is 14.0 Å². The highest BCUT2D eigenvalue weighted by molar-refractivity contribution is 7.99. The number of carbonyl (C=O) groups is 2. The van der Waals surface area contributed by atoms with Crippen LogP contribution in [0.3, 0.4) is 0 Å². The Labute approximate surface area is 199 Å². The molecule has 0 heterocycles. The van der Waals surface area contributed by atoms with Gasteiger partial charge >= 0.3 is 0 Å². The van der Waals surface area contributed by atoms with Crippen LogP contribution in [0.25, 0.3) is 0 Å². The van der Waals surface area contributed by atoms with Crippen molar-refractivity contribution in [2.24, 2.45) is 5.92 Å². The molecule has 0 aromatic heterocycles. The van der Waals surface area contributed by atoms with Crippen molar-refractivity contribution < 1.29 is 14.0 Å². The Morgan fingerprint density at radius 2 is 1.84 bits per heavy atom. The van der Waals surface area contributed by atoms with Crippen molar-refractivity contribution >= 4 is 35.2 Å². The van der Waals surface area contributed by atoms with E-state index < -0.39 is 6.04 Å². The highest BCUT2D eigenvalue weighted by Crippen LogP contribution is 2.24. The molecule has 2 aromatic carbocycles. The van der Waals surface area contributed by atoms with Crippen LogP contribution >= 0.6 is 23.4 Å². The average Bonchev–Trinajstić information content (AvgIpc) is 2.75. The van der Waals surface area contributed by atoms with Gasteiger partial charge in [0.2, 0.25) is 11.8 Å². The van der Waals surface area contributed by atoms with Gasteiger partial charge in [-0.15, -0.1) is 11.8 Å². The number of thioether (sulfide) groups is 1. The van der Waals surface area contributed by atoms with Gasteiger partial charge in [-0.3, -0.25) is 9.59 Å². The number of nitrogens with one attached hydrogen (secondary N) is 1. The summed E-state index contributed by atoms with van der Waals surface area (Å²) in [6, 6.07) is 11.9. The van der Waals surface area contributed by atoms with Gasteiger partial charge in [-0.2, -0.15) is 0 Å². The Balaban J connectivity index is 2.15.